The Labute approximate surface area is 154 Å². The second-order valence-corrected chi connectivity index (χ2v) is 9.72. The van der Waals surface area contributed by atoms with E-state index in [9.17, 15) is 4.79 Å². The number of halogens is 1. The van der Waals surface area contributed by atoms with Crippen molar-refractivity contribution in [1.29, 1.82) is 0 Å². The number of para-hydroxylation sites is 2. The first kappa shape index (κ1) is 15.9. The van der Waals surface area contributed by atoms with E-state index in [0.29, 0.717) is 6.42 Å². The number of rotatable bonds is 1. The molecule has 5 heteroatoms. The fourth-order valence-corrected chi connectivity index (χ4v) is 5.07. The number of nitrogens with one attached hydrogen (secondary N) is 2. The Morgan fingerprint density at radius 3 is 2.58 bits per heavy atom. The highest BCUT2D eigenvalue weighted by Crippen LogP contribution is 2.46. The van der Waals surface area contributed by atoms with Crippen LogP contribution < -0.4 is 10.6 Å². The molecule has 2 aromatic rings. The molecular formula is C19H19BrN2OS. The van der Waals surface area contributed by atoms with Gasteiger partial charge in [0.2, 0.25) is 0 Å². The molecule has 24 heavy (non-hydrogen) atoms. The molecule has 0 saturated carbocycles. The minimum absolute atomic E-state index is 0.0111. The molecular weight excluding hydrogens is 384 g/mol. The molecule has 2 aliphatic rings. The largest absolute Gasteiger partial charge is 0.372 e. The van der Waals surface area contributed by atoms with Crippen LogP contribution in [-0.2, 0) is 4.79 Å². The molecule has 1 aliphatic carbocycles. The van der Waals surface area contributed by atoms with Crippen molar-refractivity contribution >= 4 is 44.4 Å². The third kappa shape index (κ3) is 2.80. The average Bonchev–Trinajstić information content (AvgIpc) is 2.85. The SMILES string of the molecule is CC1(C)CC(=O)C2=C(C1)Nc1ccccc1N[C@H]2c1ccc(Br)s1. The molecule has 0 saturated heterocycles. The van der Waals surface area contributed by atoms with E-state index in [4.69, 9.17) is 0 Å². The number of ketones is 1. The van der Waals surface area contributed by atoms with Gasteiger partial charge in [-0.2, -0.15) is 0 Å². The second kappa shape index (κ2) is 5.74. The van der Waals surface area contributed by atoms with E-state index in [-0.39, 0.29) is 17.2 Å². The van der Waals surface area contributed by atoms with Crippen molar-refractivity contribution in [3.05, 3.63) is 56.3 Å². The first-order valence-corrected chi connectivity index (χ1v) is 9.68. The number of Topliss-reactive ketones (excluding diaryl/α,β-unsaturated/α-hetero) is 1. The van der Waals surface area contributed by atoms with Gasteiger partial charge in [-0.25, -0.2) is 0 Å². The van der Waals surface area contributed by atoms with Crippen LogP contribution in [0, 0.1) is 5.41 Å². The van der Waals surface area contributed by atoms with Crippen molar-refractivity contribution in [2.45, 2.75) is 32.7 Å². The fraction of sp³-hybridized carbons (Fsp3) is 0.316. The van der Waals surface area contributed by atoms with Gasteiger partial charge in [0.25, 0.3) is 0 Å². The second-order valence-electron chi connectivity index (χ2n) is 7.22. The molecule has 2 heterocycles. The van der Waals surface area contributed by atoms with Crippen LogP contribution in [-0.4, -0.2) is 5.78 Å². The third-order valence-electron chi connectivity index (χ3n) is 4.60. The highest BCUT2D eigenvalue weighted by atomic mass is 79.9. The summed E-state index contributed by atoms with van der Waals surface area (Å²) in [7, 11) is 0. The van der Waals surface area contributed by atoms with E-state index in [1.807, 2.05) is 18.2 Å². The van der Waals surface area contributed by atoms with E-state index in [2.05, 4.69) is 58.6 Å². The smallest absolute Gasteiger partial charge is 0.163 e. The molecule has 1 aromatic carbocycles. The Balaban J connectivity index is 1.88. The molecule has 0 unspecified atom stereocenters. The summed E-state index contributed by atoms with van der Waals surface area (Å²) in [4.78, 5) is 14.1. The minimum atomic E-state index is -0.101. The van der Waals surface area contributed by atoms with Crippen LogP contribution in [0.4, 0.5) is 11.4 Å². The van der Waals surface area contributed by atoms with Crippen LogP contribution in [0.2, 0.25) is 0 Å². The number of hydrogen-bond donors (Lipinski definition) is 2. The molecule has 0 radical (unpaired) electrons. The Bertz CT molecular complexity index is 853. The lowest BCUT2D eigenvalue weighted by atomic mass is 9.74. The van der Waals surface area contributed by atoms with Crippen molar-refractivity contribution in [2.75, 3.05) is 10.6 Å². The van der Waals surface area contributed by atoms with Gasteiger partial charge >= 0.3 is 0 Å². The average molecular weight is 403 g/mol. The molecule has 0 amide bonds. The first-order chi connectivity index (χ1) is 11.4. The van der Waals surface area contributed by atoms with Crippen molar-refractivity contribution in [1.82, 2.24) is 0 Å². The van der Waals surface area contributed by atoms with Gasteiger partial charge in [-0.15, -0.1) is 11.3 Å². The maximum atomic E-state index is 13.0. The number of allylic oxidation sites excluding steroid dienone is 1. The molecule has 1 aromatic heterocycles. The fourth-order valence-electron chi connectivity index (χ4n) is 3.59. The maximum Gasteiger partial charge on any atom is 0.163 e. The van der Waals surface area contributed by atoms with Gasteiger partial charge in [-0.05, 0) is 52.0 Å². The summed E-state index contributed by atoms with van der Waals surface area (Å²) < 4.78 is 1.08. The first-order valence-electron chi connectivity index (χ1n) is 8.07. The van der Waals surface area contributed by atoms with Crippen molar-refractivity contribution in [3.63, 3.8) is 0 Å². The van der Waals surface area contributed by atoms with Crippen LogP contribution in [0.3, 0.4) is 0 Å². The molecule has 1 aliphatic heterocycles. The number of hydrogen-bond acceptors (Lipinski definition) is 4. The Hall–Kier alpha value is -1.59. The Kier molecular flexibility index (Phi) is 3.81. The highest BCUT2D eigenvalue weighted by molar-refractivity contribution is 9.11. The molecule has 124 valence electrons. The zero-order valence-electron chi connectivity index (χ0n) is 13.7. The monoisotopic (exact) mass is 402 g/mol. The van der Waals surface area contributed by atoms with Crippen molar-refractivity contribution in [2.24, 2.45) is 5.41 Å². The Morgan fingerprint density at radius 1 is 1.12 bits per heavy atom. The van der Waals surface area contributed by atoms with Gasteiger partial charge in [0.1, 0.15) is 0 Å². The van der Waals surface area contributed by atoms with Crippen LogP contribution in [0.15, 0.2) is 51.5 Å². The van der Waals surface area contributed by atoms with Crippen LogP contribution in [0.5, 0.6) is 0 Å². The molecule has 0 fully saturated rings. The van der Waals surface area contributed by atoms with E-state index >= 15 is 0 Å². The zero-order valence-corrected chi connectivity index (χ0v) is 16.1. The normalized spacial score (nSPS) is 22.1. The minimum Gasteiger partial charge on any atom is -0.372 e. The number of benzene rings is 1. The van der Waals surface area contributed by atoms with Crippen LogP contribution in [0.25, 0.3) is 0 Å². The van der Waals surface area contributed by atoms with E-state index in [0.717, 1.165) is 37.7 Å². The topological polar surface area (TPSA) is 41.1 Å². The quantitative estimate of drug-likeness (QED) is 0.639. The molecule has 3 nitrogen and oxygen atoms in total. The molecule has 0 bridgehead atoms. The summed E-state index contributed by atoms with van der Waals surface area (Å²) in [6, 6.07) is 12.2. The third-order valence-corrected chi connectivity index (χ3v) is 6.29. The summed E-state index contributed by atoms with van der Waals surface area (Å²) in [6.45, 7) is 4.33. The van der Waals surface area contributed by atoms with Crippen molar-refractivity contribution < 1.29 is 4.79 Å². The number of carbonyl (C=O) groups excluding carboxylic acids is 1. The van der Waals surface area contributed by atoms with Gasteiger partial charge in [-0.1, -0.05) is 26.0 Å². The summed E-state index contributed by atoms with van der Waals surface area (Å²) in [5, 5.41) is 7.14. The molecule has 4 rings (SSSR count). The molecule has 1 atom stereocenters. The number of carbonyl (C=O) groups is 1. The lowest BCUT2D eigenvalue weighted by Crippen LogP contribution is -2.31. The van der Waals surface area contributed by atoms with E-state index < -0.39 is 0 Å². The summed E-state index contributed by atoms with van der Waals surface area (Å²) in [5.41, 5.74) is 4.01. The number of fused-ring (bicyclic) bond motifs is 1. The van der Waals surface area contributed by atoms with Gasteiger partial charge in [0.15, 0.2) is 5.78 Å². The number of anilines is 2. The molecule has 0 spiro atoms. The maximum absolute atomic E-state index is 13.0. The van der Waals surface area contributed by atoms with E-state index in [1.165, 1.54) is 0 Å². The Morgan fingerprint density at radius 2 is 1.88 bits per heavy atom. The standard InChI is InChI=1S/C19H19BrN2OS/c1-19(2)9-13-17(14(23)10-19)18(15-7-8-16(20)24-15)22-12-6-4-3-5-11(12)21-13/h3-8,18,21-22H,9-10H2,1-2H3/t18-/m0/s1. The van der Waals surface area contributed by atoms with Crippen LogP contribution >= 0.6 is 27.3 Å². The lowest BCUT2D eigenvalue weighted by Gasteiger charge is -2.33. The summed E-state index contributed by atoms with van der Waals surface area (Å²) >= 11 is 5.22. The van der Waals surface area contributed by atoms with Crippen LogP contribution in [0.1, 0.15) is 37.6 Å². The predicted molar refractivity (Wildman–Crippen MR) is 103 cm³/mol. The highest BCUT2D eigenvalue weighted by Gasteiger charge is 2.38. The van der Waals surface area contributed by atoms with Gasteiger partial charge in [0.05, 0.1) is 21.2 Å². The zero-order chi connectivity index (χ0) is 16.9. The van der Waals surface area contributed by atoms with Gasteiger partial charge in [-0.3, -0.25) is 4.79 Å². The summed E-state index contributed by atoms with van der Waals surface area (Å²) in [5.74, 6) is 0.239. The van der Waals surface area contributed by atoms with Gasteiger partial charge < -0.3 is 10.6 Å². The van der Waals surface area contributed by atoms with Crippen molar-refractivity contribution in [3.8, 4) is 0 Å². The predicted octanol–water partition coefficient (Wildman–Crippen LogP) is 5.73. The number of thiophene rings is 1. The molecule has 2 N–H and O–H groups in total. The summed E-state index contributed by atoms with van der Waals surface area (Å²) in [6.07, 6.45) is 1.47. The lowest BCUT2D eigenvalue weighted by molar-refractivity contribution is -0.118. The van der Waals surface area contributed by atoms with Gasteiger partial charge in [0, 0.05) is 22.6 Å². The van der Waals surface area contributed by atoms with E-state index in [1.54, 1.807) is 11.3 Å².